The second-order valence-electron chi connectivity index (χ2n) is 4.95. The van der Waals surface area contributed by atoms with Crippen LogP contribution < -0.4 is 15.4 Å². The van der Waals surface area contributed by atoms with E-state index in [9.17, 15) is 21.6 Å². The lowest BCUT2D eigenvalue weighted by atomic mass is 10.4. The maximum Gasteiger partial charge on any atom is 0.434 e. The zero-order valence-corrected chi connectivity index (χ0v) is 18.4. The van der Waals surface area contributed by atoms with Crippen molar-refractivity contribution in [2.24, 2.45) is 4.99 Å². The molecule has 0 saturated heterocycles. The molecule has 0 bridgehead atoms. The van der Waals surface area contributed by atoms with Crippen molar-refractivity contribution < 1.29 is 21.6 Å². The van der Waals surface area contributed by atoms with E-state index in [1.165, 1.54) is 0 Å². The van der Waals surface area contributed by atoms with Crippen LogP contribution in [0.25, 0.3) is 0 Å². The van der Waals surface area contributed by atoms with Gasteiger partial charge < -0.3 is 10.6 Å². The fourth-order valence-corrected chi connectivity index (χ4v) is 3.15. The minimum Gasteiger partial charge on any atom is -0.356 e. The minimum absolute atomic E-state index is 0. The van der Waals surface area contributed by atoms with Crippen molar-refractivity contribution in [3.63, 3.8) is 0 Å². The number of rotatable bonds is 9. The Bertz CT molecular complexity index is 665. The fourth-order valence-electron chi connectivity index (χ4n) is 1.69. The SMILES string of the molecule is CCS(=O)(=O)NCCCNC(=NC)NCCc1nc(C(F)(F)F)cs1.I. The first-order chi connectivity index (χ1) is 11.7. The molecule has 1 aromatic rings. The van der Waals surface area contributed by atoms with E-state index in [-0.39, 0.29) is 29.7 Å². The van der Waals surface area contributed by atoms with E-state index >= 15 is 0 Å². The number of aliphatic imine (C=N–C) groups is 1. The summed E-state index contributed by atoms with van der Waals surface area (Å²) in [6, 6.07) is 0. The number of hydrogen-bond acceptors (Lipinski definition) is 5. The average Bonchev–Trinajstić information content (AvgIpc) is 3.02. The number of alkyl halides is 3. The maximum absolute atomic E-state index is 12.5. The van der Waals surface area contributed by atoms with E-state index in [4.69, 9.17) is 0 Å². The summed E-state index contributed by atoms with van der Waals surface area (Å²) in [5, 5.41) is 7.36. The lowest BCUT2D eigenvalue weighted by Crippen LogP contribution is -2.39. The molecule has 0 amide bonds. The number of nitrogens with one attached hydrogen (secondary N) is 3. The van der Waals surface area contributed by atoms with Gasteiger partial charge >= 0.3 is 6.18 Å². The zero-order chi connectivity index (χ0) is 18.9. The second kappa shape index (κ2) is 11.9. The van der Waals surface area contributed by atoms with Crippen LogP contribution >= 0.6 is 35.3 Å². The highest BCUT2D eigenvalue weighted by Crippen LogP contribution is 2.29. The third-order valence-corrected chi connectivity index (χ3v) is 5.36. The molecular weight excluding hydrogens is 506 g/mol. The van der Waals surface area contributed by atoms with Gasteiger partial charge in [0.25, 0.3) is 0 Å². The molecule has 0 radical (unpaired) electrons. The van der Waals surface area contributed by atoms with Crippen LogP contribution in [0.4, 0.5) is 13.2 Å². The van der Waals surface area contributed by atoms with Crippen molar-refractivity contribution in [3.05, 3.63) is 16.1 Å². The summed E-state index contributed by atoms with van der Waals surface area (Å²) < 4.78 is 62.3. The second-order valence-corrected chi connectivity index (χ2v) is 7.99. The molecule has 0 aliphatic heterocycles. The Morgan fingerprint density at radius 3 is 2.46 bits per heavy atom. The standard InChI is InChI=1S/C13H22F3N5O2S2.HI/c1-3-25(22,23)20-7-4-6-18-12(17-2)19-8-5-11-21-10(9-24-11)13(14,15)16;/h9,20H,3-8H2,1-2H3,(H2,17,18,19);1H. The molecule has 26 heavy (non-hydrogen) atoms. The smallest absolute Gasteiger partial charge is 0.356 e. The molecule has 3 N–H and O–H groups in total. The van der Waals surface area contributed by atoms with Gasteiger partial charge in [0.05, 0.1) is 10.8 Å². The van der Waals surface area contributed by atoms with E-state index in [0.717, 1.165) is 16.7 Å². The highest BCUT2D eigenvalue weighted by molar-refractivity contribution is 14.0. The topological polar surface area (TPSA) is 95.5 Å². The molecule has 152 valence electrons. The Morgan fingerprint density at radius 1 is 1.27 bits per heavy atom. The first-order valence-electron chi connectivity index (χ1n) is 7.61. The molecule has 0 atom stereocenters. The largest absolute Gasteiger partial charge is 0.434 e. The van der Waals surface area contributed by atoms with Gasteiger partial charge in [-0.1, -0.05) is 0 Å². The molecule has 1 rings (SSSR count). The normalized spacial score (nSPS) is 12.6. The number of hydrogen-bond donors (Lipinski definition) is 3. The molecule has 0 spiro atoms. The van der Waals surface area contributed by atoms with Gasteiger partial charge in [0.1, 0.15) is 0 Å². The predicted octanol–water partition coefficient (Wildman–Crippen LogP) is 1.82. The summed E-state index contributed by atoms with van der Waals surface area (Å²) in [4.78, 5) is 7.53. The van der Waals surface area contributed by atoms with Gasteiger partial charge in [0.15, 0.2) is 11.7 Å². The summed E-state index contributed by atoms with van der Waals surface area (Å²) >= 11 is 0.968. The fraction of sp³-hybridized carbons (Fsp3) is 0.692. The van der Waals surface area contributed by atoms with Gasteiger partial charge in [-0.05, 0) is 13.3 Å². The summed E-state index contributed by atoms with van der Waals surface area (Å²) in [5.74, 6) is 0.530. The van der Waals surface area contributed by atoms with Crippen molar-refractivity contribution in [1.29, 1.82) is 0 Å². The average molecular weight is 529 g/mol. The lowest BCUT2D eigenvalue weighted by Gasteiger charge is -2.11. The first-order valence-corrected chi connectivity index (χ1v) is 10.1. The molecule has 7 nitrogen and oxygen atoms in total. The molecule has 1 heterocycles. The maximum atomic E-state index is 12.5. The number of thiazole rings is 1. The number of nitrogens with zero attached hydrogens (tertiary/aromatic N) is 2. The highest BCUT2D eigenvalue weighted by atomic mass is 127. The monoisotopic (exact) mass is 529 g/mol. The predicted molar refractivity (Wildman–Crippen MR) is 108 cm³/mol. The van der Waals surface area contributed by atoms with Crippen molar-refractivity contribution in [1.82, 2.24) is 20.3 Å². The summed E-state index contributed by atoms with van der Waals surface area (Å²) in [5.41, 5.74) is -0.871. The van der Waals surface area contributed by atoms with Crippen LogP contribution in [0.3, 0.4) is 0 Å². The molecule has 0 aliphatic carbocycles. The quantitative estimate of drug-likeness (QED) is 0.196. The van der Waals surface area contributed by atoms with E-state index in [2.05, 4.69) is 25.3 Å². The zero-order valence-electron chi connectivity index (χ0n) is 14.4. The van der Waals surface area contributed by atoms with Gasteiger partial charge in [0.2, 0.25) is 10.0 Å². The van der Waals surface area contributed by atoms with Gasteiger partial charge in [-0.2, -0.15) is 13.2 Å². The molecular formula is C13H23F3IN5O2S2. The lowest BCUT2D eigenvalue weighted by molar-refractivity contribution is -0.140. The number of guanidine groups is 1. The van der Waals surface area contributed by atoms with Crippen LogP contribution in [0.1, 0.15) is 24.0 Å². The molecule has 0 aliphatic rings. The van der Waals surface area contributed by atoms with Crippen LogP contribution in [-0.4, -0.2) is 51.8 Å². The van der Waals surface area contributed by atoms with Crippen molar-refractivity contribution in [2.75, 3.05) is 32.4 Å². The van der Waals surface area contributed by atoms with Gasteiger partial charge in [-0.3, -0.25) is 4.99 Å². The van der Waals surface area contributed by atoms with Crippen LogP contribution in [0.15, 0.2) is 10.4 Å². The molecule has 0 saturated carbocycles. The van der Waals surface area contributed by atoms with Gasteiger partial charge in [-0.25, -0.2) is 18.1 Å². The number of aromatic nitrogens is 1. The first kappa shape index (κ1) is 25.3. The van der Waals surface area contributed by atoms with E-state index in [1.54, 1.807) is 14.0 Å². The highest BCUT2D eigenvalue weighted by Gasteiger charge is 2.33. The van der Waals surface area contributed by atoms with Gasteiger partial charge in [0, 0.05) is 38.5 Å². The Labute approximate surface area is 172 Å². The Balaban J connectivity index is 0.00000625. The Hall–Kier alpha value is -0.670. The van der Waals surface area contributed by atoms with E-state index < -0.39 is 21.9 Å². The molecule has 0 aromatic carbocycles. The number of sulfonamides is 1. The summed E-state index contributed by atoms with van der Waals surface area (Å²) in [6.07, 6.45) is -3.50. The molecule has 0 unspecified atom stereocenters. The number of halogens is 4. The van der Waals surface area contributed by atoms with Crippen LogP contribution in [0, 0.1) is 0 Å². The van der Waals surface area contributed by atoms with E-state index in [0.29, 0.717) is 43.4 Å². The van der Waals surface area contributed by atoms with Crippen molar-refractivity contribution in [2.45, 2.75) is 25.9 Å². The summed E-state index contributed by atoms with van der Waals surface area (Å²) in [7, 11) is -1.62. The molecule has 13 heteroatoms. The minimum atomic E-state index is -4.42. The molecule has 1 aromatic heterocycles. The molecule has 0 fully saturated rings. The Morgan fingerprint density at radius 2 is 1.92 bits per heavy atom. The van der Waals surface area contributed by atoms with Crippen LogP contribution in [-0.2, 0) is 22.6 Å². The van der Waals surface area contributed by atoms with Crippen LogP contribution in [0.5, 0.6) is 0 Å². The van der Waals surface area contributed by atoms with Crippen molar-refractivity contribution >= 4 is 51.3 Å². The Kier molecular flexibility index (Phi) is 11.6. The van der Waals surface area contributed by atoms with E-state index in [1.807, 2.05) is 0 Å². The third kappa shape index (κ3) is 9.87. The van der Waals surface area contributed by atoms with Crippen LogP contribution in [0.2, 0.25) is 0 Å². The third-order valence-electron chi connectivity index (χ3n) is 3.05. The summed E-state index contributed by atoms with van der Waals surface area (Å²) in [6.45, 7) is 2.76. The van der Waals surface area contributed by atoms with Crippen molar-refractivity contribution in [3.8, 4) is 0 Å². The van der Waals surface area contributed by atoms with Gasteiger partial charge in [-0.15, -0.1) is 35.3 Å².